The Balaban J connectivity index is 1.52. The lowest BCUT2D eigenvalue weighted by Gasteiger charge is -2.38. The molecular formula is C19H28N2O4. The molecule has 138 valence electrons. The Morgan fingerprint density at radius 2 is 2.08 bits per heavy atom. The zero-order chi connectivity index (χ0) is 18.0. The van der Waals surface area contributed by atoms with Crippen molar-refractivity contribution in [2.24, 2.45) is 11.7 Å². The Kier molecular flexibility index (Phi) is 5.74. The molecule has 1 amide bonds. The van der Waals surface area contributed by atoms with Crippen LogP contribution in [-0.4, -0.2) is 49.2 Å². The van der Waals surface area contributed by atoms with Crippen molar-refractivity contribution in [2.45, 2.75) is 63.9 Å². The molecule has 0 spiro atoms. The number of hydrogen-bond donors (Lipinski definition) is 2. The number of nitrogens with one attached hydrogen (secondary N) is 1. The average molecular weight is 348 g/mol. The Hall–Kier alpha value is -1.47. The lowest BCUT2D eigenvalue weighted by Crippen LogP contribution is -2.57. The number of fused-ring (bicyclic) bond motifs is 2. The largest absolute Gasteiger partial charge is 0.363 e. The number of ether oxygens (including phenoxy) is 3. The lowest BCUT2D eigenvalue weighted by molar-refractivity contribution is -0.182. The van der Waals surface area contributed by atoms with Gasteiger partial charge in [0.15, 0.2) is 6.29 Å². The van der Waals surface area contributed by atoms with E-state index in [1.165, 1.54) is 5.56 Å². The van der Waals surface area contributed by atoms with Crippen molar-refractivity contribution in [3.8, 4) is 0 Å². The molecular weight excluding hydrogens is 320 g/mol. The molecule has 2 aliphatic heterocycles. The highest BCUT2D eigenvalue weighted by atomic mass is 16.7. The summed E-state index contributed by atoms with van der Waals surface area (Å²) >= 11 is 0. The van der Waals surface area contributed by atoms with Crippen molar-refractivity contribution in [2.75, 3.05) is 6.61 Å². The highest BCUT2D eigenvalue weighted by Crippen LogP contribution is 2.33. The summed E-state index contributed by atoms with van der Waals surface area (Å²) in [6.45, 7) is 6.33. The van der Waals surface area contributed by atoms with E-state index in [-0.39, 0.29) is 36.1 Å². The van der Waals surface area contributed by atoms with E-state index in [1.807, 2.05) is 32.0 Å². The molecule has 1 aromatic rings. The van der Waals surface area contributed by atoms with Crippen LogP contribution in [0.4, 0.5) is 0 Å². The van der Waals surface area contributed by atoms with Crippen molar-refractivity contribution in [3.05, 3.63) is 35.9 Å². The summed E-state index contributed by atoms with van der Waals surface area (Å²) in [5, 5.41) is 3.02. The number of rotatable bonds is 6. The Morgan fingerprint density at radius 3 is 2.80 bits per heavy atom. The fourth-order valence-corrected chi connectivity index (χ4v) is 3.53. The molecule has 2 fully saturated rings. The lowest BCUT2D eigenvalue weighted by atomic mass is 9.91. The minimum atomic E-state index is -0.575. The van der Waals surface area contributed by atoms with Crippen molar-refractivity contribution in [1.29, 1.82) is 0 Å². The molecule has 2 aliphatic rings. The molecule has 6 heteroatoms. The van der Waals surface area contributed by atoms with E-state index < -0.39 is 12.4 Å². The Labute approximate surface area is 149 Å². The summed E-state index contributed by atoms with van der Waals surface area (Å²) in [5.74, 6) is -0.0340. The molecule has 6 nitrogen and oxygen atoms in total. The standard InChI is InChI=1S/C19H28N2O4/c1-11(9-14-7-5-4-6-8-14)21-18(22)13(3)24-17-12(2)15-10-23-19(25-15)16(17)20/h4-8,11-13,15-17,19H,9-10,20H2,1-3H3,(H,21,22)/t11-,12-,13-,15-,16-,17+,19-/m1/s1. The molecule has 0 saturated carbocycles. The van der Waals surface area contributed by atoms with Crippen LogP contribution in [0.3, 0.4) is 0 Å². The Morgan fingerprint density at radius 1 is 1.36 bits per heavy atom. The van der Waals surface area contributed by atoms with Crippen LogP contribution in [0.1, 0.15) is 26.3 Å². The van der Waals surface area contributed by atoms with Gasteiger partial charge in [-0.3, -0.25) is 4.79 Å². The van der Waals surface area contributed by atoms with Gasteiger partial charge in [0.25, 0.3) is 0 Å². The first-order chi connectivity index (χ1) is 12.0. The predicted molar refractivity (Wildman–Crippen MR) is 93.8 cm³/mol. The van der Waals surface area contributed by atoms with Gasteiger partial charge in [-0.1, -0.05) is 37.3 Å². The molecule has 2 heterocycles. The first-order valence-electron chi connectivity index (χ1n) is 8.98. The van der Waals surface area contributed by atoms with Crippen molar-refractivity contribution < 1.29 is 19.0 Å². The number of carbonyl (C=O) groups excluding carboxylic acids is 1. The fourth-order valence-electron chi connectivity index (χ4n) is 3.53. The van der Waals surface area contributed by atoms with Gasteiger partial charge in [0.05, 0.1) is 24.9 Å². The second kappa shape index (κ2) is 7.83. The quantitative estimate of drug-likeness (QED) is 0.808. The maximum absolute atomic E-state index is 12.5. The van der Waals surface area contributed by atoms with Gasteiger partial charge in [-0.15, -0.1) is 0 Å². The van der Waals surface area contributed by atoms with E-state index in [9.17, 15) is 4.79 Å². The third kappa shape index (κ3) is 4.20. The van der Waals surface area contributed by atoms with Crippen LogP contribution in [0.5, 0.6) is 0 Å². The average Bonchev–Trinajstić information content (AvgIpc) is 3.05. The topological polar surface area (TPSA) is 82.8 Å². The van der Waals surface area contributed by atoms with Gasteiger partial charge in [0.1, 0.15) is 6.10 Å². The van der Waals surface area contributed by atoms with Crippen LogP contribution in [0, 0.1) is 5.92 Å². The molecule has 3 rings (SSSR count). The molecule has 1 aromatic carbocycles. The van der Waals surface area contributed by atoms with Crippen LogP contribution in [0.2, 0.25) is 0 Å². The molecule has 7 atom stereocenters. The molecule has 3 N–H and O–H groups in total. The number of benzene rings is 1. The monoisotopic (exact) mass is 348 g/mol. The van der Waals surface area contributed by atoms with Crippen molar-refractivity contribution >= 4 is 5.91 Å². The van der Waals surface area contributed by atoms with Crippen LogP contribution in [-0.2, 0) is 25.4 Å². The first-order valence-corrected chi connectivity index (χ1v) is 8.98. The maximum Gasteiger partial charge on any atom is 0.249 e. The van der Waals surface area contributed by atoms with Gasteiger partial charge in [-0.05, 0) is 25.8 Å². The van der Waals surface area contributed by atoms with E-state index in [2.05, 4.69) is 17.4 Å². The summed E-state index contributed by atoms with van der Waals surface area (Å²) in [6, 6.07) is 9.74. The molecule has 0 radical (unpaired) electrons. The summed E-state index contributed by atoms with van der Waals surface area (Å²) in [4.78, 5) is 12.5. The van der Waals surface area contributed by atoms with Crippen LogP contribution >= 0.6 is 0 Å². The number of carbonyl (C=O) groups is 1. The number of amides is 1. The normalized spacial score (nSPS) is 33.7. The van der Waals surface area contributed by atoms with E-state index in [1.54, 1.807) is 6.92 Å². The SMILES string of the molecule is C[C@H]1[C@H](O[C@H](C)C(=O)N[C@H](C)Cc2ccccc2)[C@@H](N)[C@@H]2OC[C@H]1O2. The van der Waals surface area contributed by atoms with E-state index in [0.717, 1.165) is 6.42 Å². The minimum Gasteiger partial charge on any atom is -0.363 e. The minimum absolute atomic E-state index is 0.0120. The second-order valence-electron chi connectivity index (χ2n) is 7.16. The molecule has 0 aromatic heterocycles. The zero-order valence-electron chi connectivity index (χ0n) is 15.1. The predicted octanol–water partition coefficient (Wildman–Crippen LogP) is 1.23. The van der Waals surface area contributed by atoms with Gasteiger partial charge in [-0.2, -0.15) is 0 Å². The zero-order valence-corrected chi connectivity index (χ0v) is 15.1. The first kappa shape index (κ1) is 18.3. The molecule has 25 heavy (non-hydrogen) atoms. The van der Waals surface area contributed by atoms with E-state index >= 15 is 0 Å². The van der Waals surface area contributed by atoms with Crippen molar-refractivity contribution in [3.63, 3.8) is 0 Å². The Bertz CT molecular complexity index is 566. The molecule has 2 saturated heterocycles. The van der Waals surface area contributed by atoms with E-state index in [0.29, 0.717) is 6.61 Å². The highest BCUT2D eigenvalue weighted by Gasteiger charge is 2.48. The molecule has 0 unspecified atom stereocenters. The van der Waals surface area contributed by atoms with Crippen LogP contribution < -0.4 is 11.1 Å². The van der Waals surface area contributed by atoms with Gasteiger partial charge in [0.2, 0.25) is 5.91 Å². The summed E-state index contributed by atoms with van der Waals surface area (Å²) < 4.78 is 17.2. The van der Waals surface area contributed by atoms with Gasteiger partial charge in [-0.25, -0.2) is 0 Å². The van der Waals surface area contributed by atoms with Gasteiger partial charge >= 0.3 is 0 Å². The summed E-state index contributed by atoms with van der Waals surface area (Å²) in [6.07, 6.45) is -0.490. The maximum atomic E-state index is 12.5. The number of hydrogen-bond acceptors (Lipinski definition) is 5. The van der Waals surface area contributed by atoms with Gasteiger partial charge < -0.3 is 25.3 Å². The summed E-state index contributed by atoms with van der Waals surface area (Å²) in [7, 11) is 0. The van der Waals surface area contributed by atoms with E-state index in [4.69, 9.17) is 19.9 Å². The highest BCUT2D eigenvalue weighted by molar-refractivity contribution is 5.80. The molecule has 0 aliphatic carbocycles. The molecule has 2 bridgehead atoms. The third-order valence-corrected chi connectivity index (χ3v) is 5.04. The van der Waals surface area contributed by atoms with Crippen LogP contribution in [0.25, 0.3) is 0 Å². The number of nitrogens with two attached hydrogens (primary N) is 1. The van der Waals surface area contributed by atoms with Crippen LogP contribution in [0.15, 0.2) is 30.3 Å². The third-order valence-electron chi connectivity index (χ3n) is 5.04. The van der Waals surface area contributed by atoms with Gasteiger partial charge in [0, 0.05) is 12.0 Å². The fraction of sp³-hybridized carbons (Fsp3) is 0.632. The van der Waals surface area contributed by atoms with Crippen molar-refractivity contribution in [1.82, 2.24) is 5.32 Å². The summed E-state index contributed by atoms with van der Waals surface area (Å²) in [5.41, 5.74) is 7.39. The smallest absolute Gasteiger partial charge is 0.249 e. The second-order valence-corrected chi connectivity index (χ2v) is 7.16.